The van der Waals surface area contributed by atoms with Gasteiger partial charge in [-0.15, -0.1) is 0 Å². The van der Waals surface area contributed by atoms with Crippen LogP contribution in [-0.2, 0) is 0 Å². The van der Waals surface area contributed by atoms with Crippen LogP contribution in [0.5, 0.6) is 0 Å². The Morgan fingerprint density at radius 3 is 2.36 bits per heavy atom. The van der Waals surface area contributed by atoms with Crippen LogP contribution in [0.1, 0.15) is 27.7 Å². The fraction of sp³-hybridized carbons (Fsp3) is 1.00. The Balaban J connectivity index is 2.46. The average Bonchev–Trinajstić information content (AvgIpc) is 1.85. The third-order valence-electron chi connectivity index (χ3n) is 2.28. The van der Waals surface area contributed by atoms with Gasteiger partial charge in [0.2, 0.25) is 0 Å². The third-order valence-corrected chi connectivity index (χ3v) is 2.28. The lowest BCUT2D eigenvalue weighted by Gasteiger charge is -2.40. The number of nitrogens with one attached hydrogen (secondary N) is 1. The molecule has 1 aliphatic heterocycles. The van der Waals surface area contributed by atoms with Crippen LogP contribution in [0.3, 0.4) is 0 Å². The highest BCUT2D eigenvalue weighted by Crippen LogP contribution is 2.19. The first kappa shape index (κ1) is 9.01. The molecule has 1 heterocycles. The first-order valence-corrected chi connectivity index (χ1v) is 4.46. The summed E-state index contributed by atoms with van der Waals surface area (Å²) in [5, 5.41) is 3.43. The first-order chi connectivity index (χ1) is 5.01. The molecule has 1 N–H and O–H groups in total. The average molecular weight is 156 g/mol. The molecule has 0 amide bonds. The van der Waals surface area contributed by atoms with Gasteiger partial charge >= 0.3 is 0 Å². The molecule has 2 heteroatoms. The van der Waals surface area contributed by atoms with E-state index in [9.17, 15) is 0 Å². The Morgan fingerprint density at radius 1 is 1.36 bits per heavy atom. The normalized spacial score (nSPS) is 25.9. The van der Waals surface area contributed by atoms with Crippen LogP contribution in [0.25, 0.3) is 0 Å². The van der Waals surface area contributed by atoms with E-state index >= 15 is 0 Å². The van der Waals surface area contributed by atoms with Crippen LogP contribution in [0, 0.1) is 5.41 Å². The summed E-state index contributed by atoms with van der Waals surface area (Å²) in [6, 6.07) is 0.669. The first-order valence-electron chi connectivity index (χ1n) is 4.46. The van der Waals surface area contributed by atoms with E-state index in [1.165, 1.54) is 6.54 Å². The van der Waals surface area contributed by atoms with Crippen molar-refractivity contribution in [2.75, 3.05) is 19.8 Å². The maximum atomic E-state index is 3.43. The molecule has 11 heavy (non-hydrogen) atoms. The largest absolute Gasteiger partial charge is 0.304 e. The van der Waals surface area contributed by atoms with Crippen molar-refractivity contribution in [3.8, 4) is 0 Å². The van der Waals surface area contributed by atoms with Gasteiger partial charge in [0, 0.05) is 25.8 Å². The van der Waals surface area contributed by atoms with Crippen molar-refractivity contribution in [2.24, 2.45) is 5.41 Å². The summed E-state index contributed by atoms with van der Waals surface area (Å²) in [4.78, 5) is 2.48. The van der Waals surface area contributed by atoms with E-state index in [0.29, 0.717) is 11.5 Å². The van der Waals surface area contributed by atoms with E-state index in [4.69, 9.17) is 0 Å². The second kappa shape index (κ2) is 3.11. The monoisotopic (exact) mass is 156 g/mol. The molecule has 0 radical (unpaired) electrons. The molecule has 1 fully saturated rings. The quantitative estimate of drug-likeness (QED) is 0.615. The van der Waals surface area contributed by atoms with Crippen molar-refractivity contribution in [3.63, 3.8) is 0 Å². The maximum absolute atomic E-state index is 3.43. The fourth-order valence-corrected chi connectivity index (χ4v) is 1.56. The molecule has 0 aromatic rings. The van der Waals surface area contributed by atoms with Crippen LogP contribution < -0.4 is 5.32 Å². The fourth-order valence-electron chi connectivity index (χ4n) is 1.56. The summed E-state index contributed by atoms with van der Waals surface area (Å²) in [6.45, 7) is 12.6. The molecule has 1 saturated heterocycles. The maximum Gasteiger partial charge on any atom is 0.0483 e. The van der Waals surface area contributed by atoms with Gasteiger partial charge < -0.3 is 5.32 Å². The summed E-state index contributed by atoms with van der Waals surface area (Å²) >= 11 is 0. The van der Waals surface area contributed by atoms with Crippen LogP contribution in [0.2, 0.25) is 0 Å². The molecule has 0 saturated carbocycles. The highest BCUT2D eigenvalue weighted by atomic mass is 15.3. The van der Waals surface area contributed by atoms with E-state index < -0.39 is 0 Å². The van der Waals surface area contributed by atoms with Gasteiger partial charge in [-0.2, -0.15) is 0 Å². The summed E-state index contributed by atoms with van der Waals surface area (Å²) in [7, 11) is 0. The Bertz CT molecular complexity index is 130. The zero-order valence-electron chi connectivity index (χ0n) is 8.15. The summed E-state index contributed by atoms with van der Waals surface area (Å²) in [5.74, 6) is 0. The van der Waals surface area contributed by atoms with Gasteiger partial charge in [0.05, 0.1) is 0 Å². The van der Waals surface area contributed by atoms with Gasteiger partial charge in [0.25, 0.3) is 0 Å². The minimum atomic E-state index is 0.447. The van der Waals surface area contributed by atoms with Crippen LogP contribution in [0.15, 0.2) is 0 Å². The van der Waals surface area contributed by atoms with Crippen LogP contribution >= 0.6 is 0 Å². The Hall–Kier alpha value is -0.0800. The van der Waals surface area contributed by atoms with Crippen molar-refractivity contribution >= 4 is 0 Å². The summed E-state index contributed by atoms with van der Waals surface area (Å²) < 4.78 is 0. The lowest BCUT2D eigenvalue weighted by molar-refractivity contribution is 0.0875. The van der Waals surface area contributed by atoms with Crippen molar-refractivity contribution in [2.45, 2.75) is 33.7 Å². The van der Waals surface area contributed by atoms with Gasteiger partial charge in [0.1, 0.15) is 0 Å². The molecule has 66 valence electrons. The molecule has 1 rings (SSSR count). The van der Waals surface area contributed by atoms with Crippen molar-refractivity contribution in [1.29, 1.82) is 0 Å². The van der Waals surface area contributed by atoms with Crippen molar-refractivity contribution in [3.05, 3.63) is 0 Å². The van der Waals surface area contributed by atoms with Gasteiger partial charge in [-0.3, -0.25) is 4.90 Å². The molecule has 0 bridgehead atoms. The predicted octanol–water partition coefficient (Wildman–Crippen LogP) is 1.28. The number of hydrogen-bond acceptors (Lipinski definition) is 2. The molecule has 0 aromatic heterocycles. The predicted molar refractivity (Wildman–Crippen MR) is 48.5 cm³/mol. The standard InChI is InChI=1S/C9H20N2/c1-8(2)11-6-9(3,4)5-10-7-11/h8,10H,5-7H2,1-4H3. The second-order valence-electron chi connectivity index (χ2n) is 4.59. The summed E-state index contributed by atoms with van der Waals surface area (Å²) in [6.07, 6.45) is 0. The molecule has 0 aliphatic carbocycles. The molecule has 0 spiro atoms. The zero-order chi connectivity index (χ0) is 8.48. The van der Waals surface area contributed by atoms with Gasteiger partial charge in [-0.1, -0.05) is 13.8 Å². The van der Waals surface area contributed by atoms with E-state index in [2.05, 4.69) is 37.9 Å². The summed E-state index contributed by atoms with van der Waals surface area (Å²) in [5.41, 5.74) is 0.447. The lowest BCUT2D eigenvalue weighted by Crippen LogP contribution is -2.53. The van der Waals surface area contributed by atoms with Crippen molar-refractivity contribution in [1.82, 2.24) is 10.2 Å². The SMILES string of the molecule is CC(C)N1CNCC(C)(C)C1. The van der Waals surface area contributed by atoms with Gasteiger partial charge in [0.15, 0.2) is 0 Å². The van der Waals surface area contributed by atoms with E-state index in [1.54, 1.807) is 0 Å². The minimum Gasteiger partial charge on any atom is -0.304 e. The third kappa shape index (κ3) is 2.46. The number of rotatable bonds is 1. The molecule has 2 nitrogen and oxygen atoms in total. The number of nitrogens with zero attached hydrogens (tertiary/aromatic N) is 1. The lowest BCUT2D eigenvalue weighted by atomic mass is 9.91. The van der Waals surface area contributed by atoms with E-state index in [0.717, 1.165) is 13.2 Å². The molecule has 0 atom stereocenters. The van der Waals surface area contributed by atoms with E-state index in [-0.39, 0.29) is 0 Å². The van der Waals surface area contributed by atoms with Gasteiger partial charge in [-0.05, 0) is 19.3 Å². The number of hydrogen-bond donors (Lipinski definition) is 1. The zero-order valence-corrected chi connectivity index (χ0v) is 8.15. The van der Waals surface area contributed by atoms with Crippen molar-refractivity contribution < 1.29 is 0 Å². The molecule has 1 aliphatic rings. The topological polar surface area (TPSA) is 15.3 Å². The Kier molecular flexibility index (Phi) is 2.55. The molecule has 0 unspecified atom stereocenters. The van der Waals surface area contributed by atoms with Crippen LogP contribution in [-0.4, -0.2) is 30.7 Å². The smallest absolute Gasteiger partial charge is 0.0483 e. The Morgan fingerprint density at radius 2 is 2.00 bits per heavy atom. The molecular weight excluding hydrogens is 136 g/mol. The van der Waals surface area contributed by atoms with E-state index in [1.807, 2.05) is 0 Å². The highest BCUT2D eigenvalue weighted by Gasteiger charge is 2.26. The Labute approximate surface area is 70.0 Å². The second-order valence-corrected chi connectivity index (χ2v) is 4.59. The molecule has 0 aromatic carbocycles. The van der Waals surface area contributed by atoms with Crippen LogP contribution in [0.4, 0.5) is 0 Å². The minimum absolute atomic E-state index is 0.447. The highest BCUT2D eigenvalue weighted by molar-refractivity contribution is 4.81. The molecular formula is C9H20N2. The van der Waals surface area contributed by atoms with Gasteiger partial charge in [-0.25, -0.2) is 0 Å².